The van der Waals surface area contributed by atoms with Crippen molar-refractivity contribution in [1.29, 1.82) is 0 Å². The summed E-state index contributed by atoms with van der Waals surface area (Å²) in [5.41, 5.74) is 1.64. The normalized spacial score (nSPS) is 13.0. The molecule has 108 valence electrons. The molecule has 21 heavy (non-hydrogen) atoms. The summed E-state index contributed by atoms with van der Waals surface area (Å²) in [6, 6.07) is 7.00. The van der Waals surface area contributed by atoms with Crippen LogP contribution < -0.4 is 5.32 Å². The van der Waals surface area contributed by atoms with Crippen LogP contribution in [0.4, 0.5) is 5.00 Å². The molecule has 0 spiro atoms. The third kappa shape index (κ3) is 2.73. The number of nitrogens with one attached hydrogen (secondary N) is 1. The molecule has 0 radical (unpaired) electrons. The quantitative estimate of drug-likeness (QED) is 0.865. The number of carbonyl (C=O) groups is 2. The SMILES string of the molecule is O=C(Nc1sc2c(c1C(=O)O)CCC2)c1cccc(Br)c1. The van der Waals surface area contributed by atoms with Crippen LogP contribution in [0.2, 0.25) is 0 Å². The van der Waals surface area contributed by atoms with Gasteiger partial charge in [0.1, 0.15) is 5.00 Å². The van der Waals surface area contributed by atoms with Gasteiger partial charge in [0.2, 0.25) is 0 Å². The maximum Gasteiger partial charge on any atom is 0.339 e. The van der Waals surface area contributed by atoms with Crippen molar-refractivity contribution in [2.24, 2.45) is 0 Å². The van der Waals surface area contributed by atoms with E-state index in [1.165, 1.54) is 11.3 Å². The Kier molecular flexibility index (Phi) is 3.82. The molecular weight excluding hydrogens is 354 g/mol. The van der Waals surface area contributed by atoms with Crippen LogP contribution in [0, 0.1) is 0 Å². The van der Waals surface area contributed by atoms with Gasteiger partial charge in [0.25, 0.3) is 5.91 Å². The Morgan fingerprint density at radius 3 is 2.81 bits per heavy atom. The van der Waals surface area contributed by atoms with Crippen molar-refractivity contribution in [3.05, 3.63) is 50.3 Å². The highest BCUT2D eigenvalue weighted by Crippen LogP contribution is 2.39. The van der Waals surface area contributed by atoms with Gasteiger partial charge in [-0.15, -0.1) is 11.3 Å². The van der Waals surface area contributed by atoms with Gasteiger partial charge < -0.3 is 10.4 Å². The van der Waals surface area contributed by atoms with Crippen molar-refractivity contribution in [3.8, 4) is 0 Å². The van der Waals surface area contributed by atoms with Crippen LogP contribution in [-0.2, 0) is 12.8 Å². The summed E-state index contributed by atoms with van der Waals surface area (Å²) in [5, 5.41) is 12.6. The zero-order valence-corrected chi connectivity index (χ0v) is 13.4. The largest absolute Gasteiger partial charge is 0.478 e. The van der Waals surface area contributed by atoms with Crippen LogP contribution in [0.15, 0.2) is 28.7 Å². The molecule has 1 amide bonds. The molecule has 0 fully saturated rings. The Hall–Kier alpha value is -1.66. The first-order valence-corrected chi connectivity index (χ1v) is 8.12. The van der Waals surface area contributed by atoms with E-state index in [4.69, 9.17) is 0 Å². The first-order chi connectivity index (χ1) is 10.1. The van der Waals surface area contributed by atoms with Gasteiger partial charge in [-0.25, -0.2) is 4.79 Å². The average molecular weight is 366 g/mol. The molecule has 0 bridgehead atoms. The minimum absolute atomic E-state index is 0.260. The van der Waals surface area contributed by atoms with E-state index in [1.54, 1.807) is 18.2 Å². The lowest BCUT2D eigenvalue weighted by molar-refractivity contribution is 0.0697. The van der Waals surface area contributed by atoms with Gasteiger partial charge in [0, 0.05) is 14.9 Å². The molecule has 0 aliphatic heterocycles. The number of hydrogen-bond acceptors (Lipinski definition) is 3. The first-order valence-electron chi connectivity index (χ1n) is 6.51. The third-order valence-corrected chi connectivity index (χ3v) is 5.15. The van der Waals surface area contributed by atoms with Crippen molar-refractivity contribution >= 4 is 44.1 Å². The number of fused-ring (bicyclic) bond motifs is 1. The number of aryl methyl sites for hydroxylation is 1. The number of aromatic carboxylic acids is 1. The highest BCUT2D eigenvalue weighted by atomic mass is 79.9. The Bertz CT molecular complexity index is 739. The number of benzene rings is 1. The van der Waals surface area contributed by atoms with E-state index in [1.807, 2.05) is 6.07 Å². The smallest absolute Gasteiger partial charge is 0.339 e. The lowest BCUT2D eigenvalue weighted by Gasteiger charge is -2.05. The van der Waals surface area contributed by atoms with Gasteiger partial charge in [-0.2, -0.15) is 0 Å². The number of carboxylic acid groups (broad SMARTS) is 1. The van der Waals surface area contributed by atoms with E-state index < -0.39 is 5.97 Å². The number of carbonyl (C=O) groups excluding carboxylic acids is 1. The zero-order valence-electron chi connectivity index (χ0n) is 11.0. The van der Waals surface area contributed by atoms with E-state index in [2.05, 4.69) is 21.2 Å². The van der Waals surface area contributed by atoms with Gasteiger partial charge in [-0.3, -0.25) is 4.79 Å². The van der Waals surface area contributed by atoms with Crippen LogP contribution in [-0.4, -0.2) is 17.0 Å². The molecule has 2 N–H and O–H groups in total. The topological polar surface area (TPSA) is 66.4 Å². The Morgan fingerprint density at radius 1 is 1.29 bits per heavy atom. The van der Waals surface area contributed by atoms with Crippen molar-refractivity contribution < 1.29 is 14.7 Å². The summed E-state index contributed by atoms with van der Waals surface area (Å²) in [4.78, 5) is 24.8. The molecule has 4 nitrogen and oxygen atoms in total. The predicted octanol–water partition coefficient (Wildman–Crippen LogP) is 3.95. The van der Waals surface area contributed by atoms with Gasteiger partial charge >= 0.3 is 5.97 Å². The molecular formula is C15H12BrNO3S. The number of halogens is 1. The minimum Gasteiger partial charge on any atom is -0.478 e. The standard InChI is InChI=1S/C15H12BrNO3S/c16-9-4-1-3-8(7-9)13(18)17-14-12(15(19)20)10-5-2-6-11(10)21-14/h1,3-4,7H,2,5-6H2,(H,17,18)(H,19,20). The van der Waals surface area contributed by atoms with Crippen molar-refractivity contribution in [2.45, 2.75) is 19.3 Å². The Balaban J connectivity index is 1.92. The molecule has 1 aliphatic carbocycles. The van der Waals surface area contributed by atoms with Gasteiger partial charge in [-0.05, 0) is 43.0 Å². The molecule has 6 heteroatoms. The number of hydrogen-bond donors (Lipinski definition) is 2. The third-order valence-electron chi connectivity index (χ3n) is 3.45. The summed E-state index contributed by atoms with van der Waals surface area (Å²) < 4.78 is 0.808. The second kappa shape index (κ2) is 5.61. The monoisotopic (exact) mass is 365 g/mol. The fourth-order valence-electron chi connectivity index (χ4n) is 2.52. The lowest BCUT2D eigenvalue weighted by atomic mass is 10.1. The molecule has 1 heterocycles. The molecule has 1 aromatic carbocycles. The number of anilines is 1. The van der Waals surface area contributed by atoms with Crippen LogP contribution in [0.3, 0.4) is 0 Å². The number of thiophene rings is 1. The zero-order chi connectivity index (χ0) is 15.0. The summed E-state index contributed by atoms with van der Waals surface area (Å²) in [5.74, 6) is -1.27. The molecule has 3 rings (SSSR count). The summed E-state index contributed by atoms with van der Waals surface area (Å²) in [6.07, 6.45) is 2.66. The maximum atomic E-state index is 12.2. The molecule has 0 saturated carbocycles. The van der Waals surface area contributed by atoms with E-state index >= 15 is 0 Å². The highest BCUT2D eigenvalue weighted by Gasteiger charge is 2.27. The van der Waals surface area contributed by atoms with E-state index in [0.717, 1.165) is 34.2 Å². The van der Waals surface area contributed by atoms with E-state index in [9.17, 15) is 14.7 Å². The second-order valence-electron chi connectivity index (χ2n) is 4.83. The molecule has 1 aliphatic rings. The fraction of sp³-hybridized carbons (Fsp3) is 0.200. The fourth-order valence-corrected chi connectivity index (χ4v) is 4.20. The molecule has 0 unspecified atom stereocenters. The summed E-state index contributed by atoms with van der Waals surface area (Å²) >= 11 is 4.70. The molecule has 1 aromatic heterocycles. The lowest BCUT2D eigenvalue weighted by Crippen LogP contribution is -2.13. The number of rotatable bonds is 3. The number of amides is 1. The van der Waals surface area contributed by atoms with E-state index in [0.29, 0.717) is 10.6 Å². The first kappa shape index (κ1) is 14.3. The van der Waals surface area contributed by atoms with Crippen LogP contribution >= 0.6 is 27.3 Å². The summed E-state index contributed by atoms with van der Waals surface area (Å²) in [6.45, 7) is 0. The Morgan fingerprint density at radius 2 is 2.10 bits per heavy atom. The highest BCUT2D eigenvalue weighted by molar-refractivity contribution is 9.10. The van der Waals surface area contributed by atoms with E-state index in [-0.39, 0.29) is 11.5 Å². The molecule has 0 atom stereocenters. The number of carboxylic acids is 1. The van der Waals surface area contributed by atoms with Gasteiger partial charge in [-0.1, -0.05) is 22.0 Å². The van der Waals surface area contributed by atoms with Crippen molar-refractivity contribution in [2.75, 3.05) is 5.32 Å². The Labute approximate surface area is 133 Å². The second-order valence-corrected chi connectivity index (χ2v) is 6.85. The van der Waals surface area contributed by atoms with Crippen LogP contribution in [0.1, 0.15) is 37.6 Å². The minimum atomic E-state index is -0.973. The molecule has 0 saturated heterocycles. The van der Waals surface area contributed by atoms with Crippen molar-refractivity contribution in [3.63, 3.8) is 0 Å². The predicted molar refractivity (Wildman–Crippen MR) is 85.4 cm³/mol. The maximum absolute atomic E-state index is 12.2. The summed E-state index contributed by atoms with van der Waals surface area (Å²) in [7, 11) is 0. The molecule has 2 aromatic rings. The average Bonchev–Trinajstić information content (AvgIpc) is 2.98. The van der Waals surface area contributed by atoms with Crippen LogP contribution in [0.25, 0.3) is 0 Å². The van der Waals surface area contributed by atoms with Gasteiger partial charge in [0.15, 0.2) is 0 Å². The van der Waals surface area contributed by atoms with Crippen LogP contribution in [0.5, 0.6) is 0 Å². The van der Waals surface area contributed by atoms with Crippen molar-refractivity contribution in [1.82, 2.24) is 0 Å². The van der Waals surface area contributed by atoms with Gasteiger partial charge in [0.05, 0.1) is 5.56 Å².